The van der Waals surface area contributed by atoms with E-state index in [1.54, 1.807) is 4.68 Å². The molecule has 7 heteroatoms. The third kappa shape index (κ3) is 2.33. The maximum atomic E-state index is 13.8. The number of hydrogen-bond acceptors (Lipinski definition) is 4. The van der Waals surface area contributed by atoms with E-state index in [1.807, 2.05) is 6.92 Å². The van der Waals surface area contributed by atoms with Gasteiger partial charge in [0.25, 0.3) is 0 Å². The summed E-state index contributed by atoms with van der Waals surface area (Å²) in [6.45, 7) is 2.04. The first-order valence-electron chi connectivity index (χ1n) is 6.29. The highest BCUT2D eigenvalue weighted by Crippen LogP contribution is 2.25. The Morgan fingerprint density at radius 2 is 2.15 bits per heavy atom. The van der Waals surface area contributed by atoms with Gasteiger partial charge in [0.1, 0.15) is 11.6 Å². The van der Waals surface area contributed by atoms with Crippen LogP contribution in [0.2, 0.25) is 0 Å². The van der Waals surface area contributed by atoms with Gasteiger partial charge in [-0.2, -0.15) is 9.78 Å². The van der Waals surface area contributed by atoms with Gasteiger partial charge in [-0.25, -0.2) is 8.78 Å². The van der Waals surface area contributed by atoms with Crippen molar-refractivity contribution in [1.29, 1.82) is 0 Å². The topological polar surface area (TPSA) is 43.1 Å². The Morgan fingerprint density at radius 1 is 1.30 bits per heavy atom. The van der Waals surface area contributed by atoms with E-state index < -0.39 is 11.6 Å². The molecular formula is C13H12F2N4S. The van der Waals surface area contributed by atoms with Crippen LogP contribution in [0.4, 0.5) is 8.78 Å². The molecule has 0 bridgehead atoms. The van der Waals surface area contributed by atoms with Gasteiger partial charge in [-0.1, -0.05) is 18.7 Å². The summed E-state index contributed by atoms with van der Waals surface area (Å²) < 4.78 is 28.4. The maximum Gasteiger partial charge on any atom is 0.212 e. The van der Waals surface area contributed by atoms with Gasteiger partial charge in [0.15, 0.2) is 5.82 Å². The molecule has 0 saturated heterocycles. The second kappa shape index (κ2) is 5.32. The van der Waals surface area contributed by atoms with Gasteiger partial charge in [0, 0.05) is 23.8 Å². The van der Waals surface area contributed by atoms with Crippen molar-refractivity contribution in [2.24, 2.45) is 5.10 Å². The van der Waals surface area contributed by atoms with Gasteiger partial charge in [-0.05, 0) is 18.6 Å². The number of aromatic nitrogens is 3. The molecule has 0 fully saturated rings. The molecule has 3 rings (SSSR count). The number of nitrogens with zero attached hydrogens (tertiary/aromatic N) is 4. The Morgan fingerprint density at radius 3 is 2.90 bits per heavy atom. The van der Waals surface area contributed by atoms with Gasteiger partial charge in [-0.15, -0.1) is 10.2 Å². The first kappa shape index (κ1) is 13.2. The number of halogens is 2. The smallest absolute Gasteiger partial charge is 0.207 e. The summed E-state index contributed by atoms with van der Waals surface area (Å²) in [5.74, 6) is 0.0619. The highest BCUT2D eigenvalue weighted by atomic mass is 32.2. The predicted molar refractivity (Wildman–Crippen MR) is 73.0 cm³/mol. The van der Waals surface area contributed by atoms with E-state index in [9.17, 15) is 8.78 Å². The van der Waals surface area contributed by atoms with Crippen molar-refractivity contribution < 1.29 is 8.78 Å². The van der Waals surface area contributed by atoms with E-state index in [1.165, 1.54) is 23.9 Å². The Kier molecular flexibility index (Phi) is 3.52. The molecule has 4 nitrogen and oxygen atoms in total. The molecule has 20 heavy (non-hydrogen) atoms. The van der Waals surface area contributed by atoms with Crippen LogP contribution >= 0.6 is 11.8 Å². The van der Waals surface area contributed by atoms with Crippen LogP contribution in [0.3, 0.4) is 0 Å². The standard InChI is InChI=1S/C13H12F2N4S/c1-2-3-12-16-17-13-19(12)18-11(7-20-13)9-5-4-8(14)6-10(9)15/h4-6H,2-3,7H2,1H3. The summed E-state index contributed by atoms with van der Waals surface area (Å²) >= 11 is 1.45. The molecule has 0 aliphatic carbocycles. The molecule has 0 amide bonds. The van der Waals surface area contributed by atoms with Crippen molar-refractivity contribution >= 4 is 17.5 Å². The van der Waals surface area contributed by atoms with Gasteiger partial charge >= 0.3 is 0 Å². The van der Waals surface area contributed by atoms with Crippen molar-refractivity contribution in [3.63, 3.8) is 0 Å². The van der Waals surface area contributed by atoms with Crippen LogP contribution in [0.15, 0.2) is 28.5 Å². The Bertz CT molecular complexity index is 681. The van der Waals surface area contributed by atoms with E-state index in [2.05, 4.69) is 15.3 Å². The third-order valence-electron chi connectivity index (χ3n) is 2.95. The van der Waals surface area contributed by atoms with E-state index >= 15 is 0 Å². The number of rotatable bonds is 3. The van der Waals surface area contributed by atoms with Crippen molar-refractivity contribution in [1.82, 2.24) is 14.9 Å². The zero-order chi connectivity index (χ0) is 14.1. The molecule has 0 N–H and O–H groups in total. The van der Waals surface area contributed by atoms with Gasteiger partial charge < -0.3 is 0 Å². The molecule has 104 valence electrons. The molecular weight excluding hydrogens is 282 g/mol. The summed E-state index contributed by atoms with van der Waals surface area (Å²) in [5.41, 5.74) is 0.887. The lowest BCUT2D eigenvalue weighted by molar-refractivity contribution is 0.581. The Hall–Kier alpha value is -1.76. The van der Waals surface area contributed by atoms with Crippen LogP contribution in [-0.4, -0.2) is 26.3 Å². The van der Waals surface area contributed by atoms with Crippen molar-refractivity contribution in [2.45, 2.75) is 24.9 Å². The minimum Gasteiger partial charge on any atom is -0.207 e. The van der Waals surface area contributed by atoms with Crippen LogP contribution in [0.5, 0.6) is 0 Å². The molecule has 0 spiro atoms. The van der Waals surface area contributed by atoms with E-state index in [-0.39, 0.29) is 0 Å². The number of fused-ring (bicyclic) bond motifs is 1. The van der Waals surface area contributed by atoms with E-state index in [0.717, 1.165) is 24.7 Å². The fourth-order valence-electron chi connectivity index (χ4n) is 2.00. The normalized spacial score (nSPS) is 14.1. The zero-order valence-electron chi connectivity index (χ0n) is 10.8. The van der Waals surface area contributed by atoms with Gasteiger partial charge in [0.2, 0.25) is 5.16 Å². The maximum absolute atomic E-state index is 13.8. The van der Waals surface area contributed by atoms with Crippen molar-refractivity contribution in [3.8, 4) is 0 Å². The molecule has 0 radical (unpaired) electrons. The minimum absolute atomic E-state index is 0.320. The van der Waals surface area contributed by atoms with Crippen LogP contribution < -0.4 is 0 Å². The van der Waals surface area contributed by atoms with Crippen molar-refractivity contribution in [3.05, 3.63) is 41.2 Å². The van der Waals surface area contributed by atoms with E-state index in [4.69, 9.17) is 0 Å². The van der Waals surface area contributed by atoms with Gasteiger partial charge in [0.05, 0.1) is 5.71 Å². The number of hydrogen-bond donors (Lipinski definition) is 0. The molecule has 1 aliphatic rings. The predicted octanol–water partition coefficient (Wildman–Crippen LogP) is 2.87. The highest BCUT2D eigenvalue weighted by Gasteiger charge is 2.21. The Labute approximate surface area is 118 Å². The molecule has 1 aromatic heterocycles. The number of benzene rings is 1. The summed E-state index contributed by atoms with van der Waals surface area (Å²) in [7, 11) is 0. The fourth-order valence-corrected chi connectivity index (χ4v) is 2.85. The van der Waals surface area contributed by atoms with Gasteiger partial charge in [-0.3, -0.25) is 0 Å². The zero-order valence-corrected chi connectivity index (χ0v) is 11.6. The summed E-state index contributed by atoms with van der Waals surface area (Å²) in [6, 6.07) is 3.52. The van der Waals surface area contributed by atoms with Crippen LogP contribution in [0.25, 0.3) is 0 Å². The molecule has 2 heterocycles. The summed E-state index contributed by atoms with van der Waals surface area (Å²) in [4.78, 5) is 0. The first-order valence-corrected chi connectivity index (χ1v) is 7.28. The minimum atomic E-state index is -0.599. The highest BCUT2D eigenvalue weighted by molar-refractivity contribution is 7.99. The first-order chi connectivity index (χ1) is 9.69. The molecule has 0 saturated carbocycles. The summed E-state index contributed by atoms with van der Waals surface area (Å²) in [5, 5.41) is 13.3. The largest absolute Gasteiger partial charge is 0.212 e. The van der Waals surface area contributed by atoms with Crippen molar-refractivity contribution in [2.75, 3.05) is 5.75 Å². The third-order valence-corrected chi connectivity index (χ3v) is 3.88. The number of thioether (sulfide) groups is 1. The number of aryl methyl sites for hydroxylation is 1. The molecule has 1 aromatic carbocycles. The lowest BCUT2D eigenvalue weighted by Gasteiger charge is -2.14. The van der Waals surface area contributed by atoms with Crippen LogP contribution in [-0.2, 0) is 6.42 Å². The Balaban J connectivity index is 2.03. The molecule has 0 unspecified atom stereocenters. The van der Waals surface area contributed by atoms with E-state index in [0.29, 0.717) is 22.2 Å². The molecule has 1 aliphatic heterocycles. The monoisotopic (exact) mass is 294 g/mol. The molecule has 2 aromatic rings. The second-order valence-electron chi connectivity index (χ2n) is 4.42. The quantitative estimate of drug-likeness (QED) is 0.874. The van der Waals surface area contributed by atoms with Crippen LogP contribution in [0, 0.1) is 11.6 Å². The SMILES string of the molecule is CCCc1nnc2n1N=C(c1ccc(F)cc1F)CS2. The average Bonchev–Trinajstić information content (AvgIpc) is 2.82. The second-order valence-corrected chi connectivity index (χ2v) is 5.36. The molecule has 0 atom stereocenters. The lowest BCUT2D eigenvalue weighted by atomic mass is 10.1. The lowest BCUT2D eigenvalue weighted by Crippen LogP contribution is -2.16. The van der Waals surface area contributed by atoms with Crippen LogP contribution in [0.1, 0.15) is 24.7 Å². The average molecular weight is 294 g/mol. The summed E-state index contributed by atoms with van der Waals surface area (Å²) in [6.07, 6.45) is 1.69. The fraction of sp³-hybridized carbons (Fsp3) is 0.308.